The average molecular weight is 308 g/mol. The second kappa shape index (κ2) is 5.83. The molecule has 1 atom stereocenters. The van der Waals surface area contributed by atoms with E-state index in [0.717, 1.165) is 12.8 Å². The van der Waals surface area contributed by atoms with E-state index in [1.165, 1.54) is 0 Å². The molecule has 7 heteroatoms. The van der Waals surface area contributed by atoms with E-state index in [0.29, 0.717) is 35.0 Å². The van der Waals surface area contributed by atoms with Crippen molar-refractivity contribution >= 4 is 17.9 Å². The first kappa shape index (κ1) is 14.0. The van der Waals surface area contributed by atoms with Gasteiger partial charge in [0.15, 0.2) is 12.0 Å². The van der Waals surface area contributed by atoms with Gasteiger partial charge in [0.25, 0.3) is 0 Å². The average Bonchev–Trinajstić information content (AvgIpc) is 3.15. The van der Waals surface area contributed by atoms with Crippen molar-refractivity contribution in [1.29, 1.82) is 0 Å². The van der Waals surface area contributed by atoms with Crippen LogP contribution < -0.4 is 4.74 Å². The summed E-state index contributed by atoms with van der Waals surface area (Å²) in [5, 5.41) is 8.54. The fourth-order valence-corrected chi connectivity index (χ4v) is 2.65. The first-order valence-electron chi connectivity index (χ1n) is 6.61. The third-order valence-electron chi connectivity index (χ3n) is 3.45. The van der Waals surface area contributed by atoms with Gasteiger partial charge in [-0.05, 0) is 31.0 Å². The molecule has 3 rings (SSSR count). The Kier molecular flexibility index (Phi) is 3.90. The van der Waals surface area contributed by atoms with Crippen LogP contribution in [-0.2, 0) is 4.74 Å². The van der Waals surface area contributed by atoms with Crippen LogP contribution in [0.15, 0.2) is 18.2 Å². The van der Waals surface area contributed by atoms with E-state index in [2.05, 4.69) is 10.3 Å². The first-order chi connectivity index (χ1) is 10.2. The van der Waals surface area contributed by atoms with Crippen molar-refractivity contribution in [1.82, 2.24) is 15.0 Å². The van der Waals surface area contributed by atoms with E-state index in [4.69, 9.17) is 21.1 Å². The largest absolute Gasteiger partial charge is 0.494 e. The monoisotopic (exact) mass is 307 g/mol. The minimum absolute atomic E-state index is 0.191. The number of benzene rings is 1. The number of halogens is 1. The number of hydrogen-bond acceptors (Lipinski definition) is 5. The molecule has 0 N–H and O–H groups in total. The molecule has 0 saturated carbocycles. The number of carbonyl (C=O) groups excluding carboxylic acids is 1. The van der Waals surface area contributed by atoms with Crippen molar-refractivity contribution < 1.29 is 14.3 Å². The first-order valence-corrected chi connectivity index (χ1v) is 6.98. The topological polar surface area (TPSA) is 66.2 Å². The molecule has 110 valence electrons. The van der Waals surface area contributed by atoms with Gasteiger partial charge in [-0.3, -0.25) is 4.79 Å². The van der Waals surface area contributed by atoms with Crippen LogP contribution in [0.3, 0.4) is 0 Å². The second-order valence-electron chi connectivity index (χ2n) is 4.71. The second-order valence-corrected chi connectivity index (χ2v) is 5.14. The fraction of sp³-hybridized carbons (Fsp3) is 0.357. The van der Waals surface area contributed by atoms with Crippen molar-refractivity contribution in [2.24, 2.45) is 0 Å². The summed E-state index contributed by atoms with van der Waals surface area (Å²) in [5.41, 5.74) is 1.56. The van der Waals surface area contributed by atoms with Crippen molar-refractivity contribution in [2.45, 2.75) is 18.9 Å². The van der Waals surface area contributed by atoms with Crippen LogP contribution in [0.5, 0.6) is 5.75 Å². The van der Waals surface area contributed by atoms with Gasteiger partial charge in [-0.1, -0.05) is 16.8 Å². The zero-order chi connectivity index (χ0) is 14.8. The molecule has 1 unspecified atom stereocenters. The van der Waals surface area contributed by atoms with Gasteiger partial charge in [-0.25, -0.2) is 4.68 Å². The number of ether oxygens (including phenoxy) is 2. The Morgan fingerprint density at radius 1 is 1.52 bits per heavy atom. The highest BCUT2D eigenvalue weighted by Crippen LogP contribution is 2.34. The minimum Gasteiger partial charge on any atom is -0.494 e. The molecule has 1 fully saturated rings. The SMILES string of the molecule is COc1ccc(Cl)cc1-n1nnc(C=O)c1C1CCCO1. The number of hydrogen-bond donors (Lipinski definition) is 0. The number of aldehydes is 1. The molecule has 2 aromatic rings. The summed E-state index contributed by atoms with van der Waals surface area (Å²) in [6.07, 6.45) is 2.28. The van der Waals surface area contributed by atoms with Gasteiger partial charge in [0, 0.05) is 11.6 Å². The predicted molar refractivity (Wildman–Crippen MR) is 76.2 cm³/mol. The van der Waals surface area contributed by atoms with E-state index in [1.807, 2.05) is 0 Å². The summed E-state index contributed by atoms with van der Waals surface area (Å²) in [7, 11) is 1.57. The smallest absolute Gasteiger partial charge is 0.172 e. The molecule has 21 heavy (non-hydrogen) atoms. The maximum atomic E-state index is 11.2. The lowest BCUT2D eigenvalue weighted by Crippen LogP contribution is -2.10. The summed E-state index contributed by atoms with van der Waals surface area (Å²) in [5.74, 6) is 0.598. The van der Waals surface area contributed by atoms with E-state index < -0.39 is 0 Å². The third-order valence-corrected chi connectivity index (χ3v) is 3.68. The van der Waals surface area contributed by atoms with Crippen LogP contribution in [0.25, 0.3) is 5.69 Å². The Morgan fingerprint density at radius 3 is 3.05 bits per heavy atom. The molecule has 6 nitrogen and oxygen atoms in total. The van der Waals surface area contributed by atoms with Crippen molar-refractivity contribution in [3.8, 4) is 11.4 Å². The molecule has 0 amide bonds. The normalized spacial score (nSPS) is 17.9. The lowest BCUT2D eigenvalue weighted by Gasteiger charge is -2.14. The van der Waals surface area contributed by atoms with Gasteiger partial charge in [0.1, 0.15) is 23.2 Å². The third kappa shape index (κ3) is 2.52. The van der Waals surface area contributed by atoms with Crippen LogP contribution >= 0.6 is 11.6 Å². The molecule has 1 aliphatic rings. The van der Waals surface area contributed by atoms with Gasteiger partial charge in [0.2, 0.25) is 0 Å². The molecule has 1 saturated heterocycles. The quantitative estimate of drug-likeness (QED) is 0.812. The highest BCUT2D eigenvalue weighted by Gasteiger charge is 2.28. The predicted octanol–water partition coefficient (Wildman–Crippen LogP) is 2.59. The maximum Gasteiger partial charge on any atom is 0.172 e. The Morgan fingerprint density at radius 2 is 2.38 bits per heavy atom. The molecular weight excluding hydrogens is 294 g/mol. The van der Waals surface area contributed by atoms with Crippen molar-refractivity contribution in [2.75, 3.05) is 13.7 Å². The lowest BCUT2D eigenvalue weighted by molar-refractivity contribution is 0.102. The molecule has 0 aliphatic carbocycles. The van der Waals surface area contributed by atoms with Gasteiger partial charge in [0.05, 0.1) is 7.11 Å². The molecular formula is C14H14ClN3O3. The molecule has 2 heterocycles. The molecule has 0 spiro atoms. The van der Waals surface area contributed by atoms with Gasteiger partial charge in [-0.2, -0.15) is 0 Å². The Hall–Kier alpha value is -1.92. The molecule has 0 radical (unpaired) electrons. The highest BCUT2D eigenvalue weighted by atomic mass is 35.5. The minimum atomic E-state index is -0.191. The van der Waals surface area contributed by atoms with Crippen LogP contribution in [0.2, 0.25) is 5.02 Å². The van der Waals surface area contributed by atoms with E-state index in [9.17, 15) is 4.79 Å². The van der Waals surface area contributed by atoms with Crippen molar-refractivity contribution in [3.63, 3.8) is 0 Å². The van der Waals surface area contributed by atoms with Gasteiger partial charge in [-0.15, -0.1) is 5.10 Å². The van der Waals surface area contributed by atoms with Gasteiger partial charge < -0.3 is 9.47 Å². The highest BCUT2D eigenvalue weighted by molar-refractivity contribution is 6.30. The van der Waals surface area contributed by atoms with Crippen LogP contribution in [0.1, 0.15) is 35.1 Å². The van der Waals surface area contributed by atoms with Crippen LogP contribution in [0.4, 0.5) is 0 Å². The van der Waals surface area contributed by atoms with E-state index in [1.54, 1.807) is 30.0 Å². The Labute approximate surface area is 126 Å². The van der Waals surface area contributed by atoms with E-state index in [-0.39, 0.29) is 11.8 Å². The molecule has 1 aromatic carbocycles. The summed E-state index contributed by atoms with van der Waals surface area (Å²) >= 11 is 6.06. The summed E-state index contributed by atoms with van der Waals surface area (Å²) in [6.45, 7) is 0.667. The zero-order valence-corrected chi connectivity index (χ0v) is 12.2. The standard InChI is InChI=1S/C14H14ClN3O3/c1-20-12-5-4-9(15)7-11(12)18-14(10(8-19)16-17-18)13-3-2-6-21-13/h4-5,7-8,13H,2-3,6H2,1H3. The zero-order valence-electron chi connectivity index (χ0n) is 11.5. The number of nitrogens with zero attached hydrogens (tertiary/aromatic N) is 3. The summed E-state index contributed by atoms with van der Waals surface area (Å²) in [4.78, 5) is 11.2. The maximum absolute atomic E-state index is 11.2. The summed E-state index contributed by atoms with van der Waals surface area (Å²) < 4.78 is 12.6. The van der Waals surface area contributed by atoms with Crippen molar-refractivity contribution in [3.05, 3.63) is 34.6 Å². The molecule has 1 aromatic heterocycles. The summed E-state index contributed by atoms with van der Waals surface area (Å²) in [6, 6.07) is 5.20. The number of aromatic nitrogens is 3. The van der Waals surface area contributed by atoms with Gasteiger partial charge >= 0.3 is 0 Å². The Balaban J connectivity index is 2.16. The number of carbonyl (C=O) groups is 1. The molecule has 1 aliphatic heterocycles. The van der Waals surface area contributed by atoms with Crippen LogP contribution in [0, 0.1) is 0 Å². The van der Waals surface area contributed by atoms with Crippen LogP contribution in [-0.4, -0.2) is 35.0 Å². The lowest BCUT2D eigenvalue weighted by atomic mass is 10.1. The molecule has 0 bridgehead atoms. The number of methoxy groups -OCH3 is 1. The van der Waals surface area contributed by atoms with E-state index >= 15 is 0 Å². The number of rotatable bonds is 4. The Bertz CT molecular complexity index is 665. The fourth-order valence-electron chi connectivity index (χ4n) is 2.49.